The summed E-state index contributed by atoms with van der Waals surface area (Å²) in [6.45, 7) is 1.62. The van der Waals surface area contributed by atoms with E-state index in [9.17, 15) is 14.0 Å². The van der Waals surface area contributed by atoms with Crippen LogP contribution in [0.1, 0.15) is 24.3 Å². The predicted octanol–water partition coefficient (Wildman–Crippen LogP) is 1.83. The largest absolute Gasteiger partial charge is 0.337 e. The summed E-state index contributed by atoms with van der Waals surface area (Å²) in [5.74, 6) is -0.483. The third kappa shape index (κ3) is 2.54. The van der Waals surface area contributed by atoms with Crippen molar-refractivity contribution in [2.45, 2.75) is 26.3 Å². The second-order valence-corrected chi connectivity index (χ2v) is 4.85. The van der Waals surface area contributed by atoms with Crippen LogP contribution in [0.4, 0.5) is 4.39 Å². The van der Waals surface area contributed by atoms with E-state index < -0.39 is 0 Å². The highest BCUT2D eigenvalue weighted by Crippen LogP contribution is 2.20. The number of likely N-dealkylation sites (tertiary alicyclic amines) is 1. The Balaban J connectivity index is 1.81. The summed E-state index contributed by atoms with van der Waals surface area (Å²) < 4.78 is 18.5. The second-order valence-electron chi connectivity index (χ2n) is 4.85. The van der Waals surface area contributed by atoms with Gasteiger partial charge in [-0.3, -0.25) is 14.5 Å². The number of nitrogens with zero attached hydrogens (tertiary/aromatic N) is 3. The number of halogens is 1. The van der Waals surface area contributed by atoms with Gasteiger partial charge in [0.2, 0.25) is 23.5 Å². The molecule has 0 N–H and O–H groups in total. The Morgan fingerprint density at radius 3 is 2.67 bits per heavy atom. The highest BCUT2D eigenvalue weighted by atomic mass is 19.1. The van der Waals surface area contributed by atoms with Gasteiger partial charge in [-0.1, -0.05) is 17.3 Å². The van der Waals surface area contributed by atoms with Crippen LogP contribution in [0.5, 0.6) is 0 Å². The molecule has 21 heavy (non-hydrogen) atoms. The molecule has 0 radical (unpaired) electrons. The van der Waals surface area contributed by atoms with E-state index in [1.54, 1.807) is 19.1 Å². The van der Waals surface area contributed by atoms with Crippen LogP contribution < -0.4 is 0 Å². The monoisotopic (exact) mass is 289 g/mol. The van der Waals surface area contributed by atoms with E-state index in [-0.39, 0.29) is 48.7 Å². The molecule has 1 aromatic carbocycles. The predicted molar refractivity (Wildman–Crippen MR) is 69.2 cm³/mol. The van der Waals surface area contributed by atoms with Gasteiger partial charge in [0.05, 0.1) is 0 Å². The SMILES string of the molecule is Cc1ccc(-c2noc(CN3C(=O)CCC3=O)n2)cc1F. The lowest BCUT2D eigenvalue weighted by molar-refractivity contribution is -0.139. The maximum atomic E-state index is 13.5. The number of hydrogen-bond donors (Lipinski definition) is 0. The first-order chi connectivity index (χ1) is 10.0. The Bertz CT molecular complexity index is 710. The van der Waals surface area contributed by atoms with E-state index in [1.165, 1.54) is 6.07 Å². The fourth-order valence-electron chi connectivity index (χ4n) is 2.10. The van der Waals surface area contributed by atoms with Crippen molar-refractivity contribution in [1.82, 2.24) is 15.0 Å². The zero-order valence-corrected chi connectivity index (χ0v) is 11.3. The van der Waals surface area contributed by atoms with Crippen molar-refractivity contribution in [2.24, 2.45) is 0 Å². The van der Waals surface area contributed by atoms with Gasteiger partial charge >= 0.3 is 0 Å². The van der Waals surface area contributed by atoms with Gasteiger partial charge in [-0.15, -0.1) is 0 Å². The van der Waals surface area contributed by atoms with Crippen LogP contribution in [-0.2, 0) is 16.1 Å². The molecule has 1 fully saturated rings. The van der Waals surface area contributed by atoms with Crippen LogP contribution in [0.15, 0.2) is 22.7 Å². The first-order valence-electron chi connectivity index (χ1n) is 6.47. The number of carbonyl (C=O) groups is 2. The fraction of sp³-hybridized carbons (Fsp3) is 0.286. The van der Waals surface area contributed by atoms with E-state index in [1.807, 2.05) is 0 Å². The number of hydrogen-bond acceptors (Lipinski definition) is 5. The van der Waals surface area contributed by atoms with Crippen molar-refractivity contribution in [2.75, 3.05) is 0 Å². The van der Waals surface area contributed by atoms with E-state index >= 15 is 0 Å². The Labute approximate surface area is 119 Å². The van der Waals surface area contributed by atoms with Crippen molar-refractivity contribution < 1.29 is 18.5 Å². The molecule has 3 rings (SSSR count). The Kier molecular flexibility index (Phi) is 3.25. The maximum Gasteiger partial charge on any atom is 0.247 e. The Morgan fingerprint density at radius 1 is 1.29 bits per heavy atom. The summed E-state index contributed by atoms with van der Waals surface area (Å²) >= 11 is 0. The van der Waals surface area contributed by atoms with Gasteiger partial charge in [-0.05, 0) is 18.6 Å². The summed E-state index contributed by atoms with van der Waals surface area (Å²) in [5, 5.41) is 3.75. The molecule has 108 valence electrons. The van der Waals surface area contributed by atoms with Gasteiger partial charge in [0, 0.05) is 18.4 Å². The number of imide groups is 1. The molecule has 1 aliphatic heterocycles. The van der Waals surface area contributed by atoms with Crippen LogP contribution >= 0.6 is 0 Å². The fourth-order valence-corrected chi connectivity index (χ4v) is 2.10. The number of aryl methyl sites for hydroxylation is 1. The van der Waals surface area contributed by atoms with Gasteiger partial charge in [-0.2, -0.15) is 4.98 Å². The van der Waals surface area contributed by atoms with Crippen LogP contribution in [0.2, 0.25) is 0 Å². The Morgan fingerprint density at radius 2 is 2.00 bits per heavy atom. The van der Waals surface area contributed by atoms with E-state index in [0.717, 1.165) is 4.90 Å². The van der Waals surface area contributed by atoms with Gasteiger partial charge in [0.1, 0.15) is 12.4 Å². The molecule has 0 unspecified atom stereocenters. The highest BCUT2D eigenvalue weighted by molar-refractivity contribution is 6.01. The van der Waals surface area contributed by atoms with Crippen molar-refractivity contribution >= 4 is 11.8 Å². The topological polar surface area (TPSA) is 76.3 Å². The van der Waals surface area contributed by atoms with E-state index in [0.29, 0.717) is 11.1 Å². The van der Waals surface area contributed by atoms with Crippen LogP contribution in [0.3, 0.4) is 0 Å². The average Bonchev–Trinajstić information content (AvgIpc) is 3.04. The minimum Gasteiger partial charge on any atom is -0.337 e. The molecule has 1 aliphatic rings. The molecule has 0 atom stereocenters. The third-order valence-corrected chi connectivity index (χ3v) is 3.35. The lowest BCUT2D eigenvalue weighted by atomic mass is 10.1. The standard InChI is InChI=1S/C14H12FN3O3/c1-8-2-3-9(6-10(8)15)14-16-11(21-17-14)7-18-12(19)4-5-13(18)20/h2-3,6H,4-5,7H2,1H3. The number of aromatic nitrogens is 2. The molecule has 0 saturated carbocycles. The lowest BCUT2D eigenvalue weighted by Crippen LogP contribution is -2.28. The quantitative estimate of drug-likeness (QED) is 0.806. The van der Waals surface area contributed by atoms with E-state index in [4.69, 9.17) is 4.52 Å². The molecule has 0 bridgehead atoms. The smallest absolute Gasteiger partial charge is 0.247 e. The van der Waals surface area contributed by atoms with Crippen LogP contribution in [-0.4, -0.2) is 26.9 Å². The molecule has 0 spiro atoms. The summed E-state index contributed by atoms with van der Waals surface area (Å²) in [5.41, 5.74) is 1.00. The average molecular weight is 289 g/mol. The molecule has 1 aromatic heterocycles. The van der Waals surface area contributed by atoms with Crippen molar-refractivity contribution in [3.8, 4) is 11.4 Å². The van der Waals surface area contributed by atoms with Crippen molar-refractivity contribution in [1.29, 1.82) is 0 Å². The molecule has 2 heterocycles. The van der Waals surface area contributed by atoms with Gasteiger partial charge < -0.3 is 4.52 Å². The molecule has 0 aliphatic carbocycles. The first kappa shape index (κ1) is 13.4. The van der Waals surface area contributed by atoms with Crippen LogP contribution in [0, 0.1) is 12.7 Å². The molecule has 1 saturated heterocycles. The zero-order chi connectivity index (χ0) is 15.0. The van der Waals surface area contributed by atoms with Crippen LogP contribution in [0.25, 0.3) is 11.4 Å². The highest BCUT2D eigenvalue weighted by Gasteiger charge is 2.30. The summed E-state index contributed by atoms with van der Waals surface area (Å²) in [7, 11) is 0. The first-order valence-corrected chi connectivity index (χ1v) is 6.47. The minimum atomic E-state index is -0.358. The van der Waals surface area contributed by atoms with Gasteiger partial charge in [0.25, 0.3) is 0 Å². The maximum absolute atomic E-state index is 13.5. The normalized spacial score (nSPS) is 15.0. The molecular formula is C14H12FN3O3. The van der Waals surface area contributed by atoms with E-state index in [2.05, 4.69) is 10.1 Å². The van der Waals surface area contributed by atoms with Gasteiger partial charge in [0.15, 0.2) is 0 Å². The number of amides is 2. The number of rotatable bonds is 3. The molecule has 7 heteroatoms. The van der Waals surface area contributed by atoms with Gasteiger partial charge in [-0.25, -0.2) is 4.39 Å². The number of benzene rings is 1. The molecule has 2 aromatic rings. The summed E-state index contributed by atoms with van der Waals surface area (Å²) in [6.07, 6.45) is 0.423. The summed E-state index contributed by atoms with van der Waals surface area (Å²) in [4.78, 5) is 28.2. The lowest BCUT2D eigenvalue weighted by Gasteiger charge is -2.09. The molecule has 2 amide bonds. The molecular weight excluding hydrogens is 277 g/mol. The summed E-state index contributed by atoms with van der Waals surface area (Å²) in [6, 6.07) is 4.61. The minimum absolute atomic E-state index is 0.0426. The van der Waals surface area contributed by atoms with Crippen molar-refractivity contribution in [3.05, 3.63) is 35.5 Å². The van der Waals surface area contributed by atoms with Crippen molar-refractivity contribution in [3.63, 3.8) is 0 Å². The Hall–Kier alpha value is -2.57. The molecule has 6 nitrogen and oxygen atoms in total. The second kappa shape index (κ2) is 5.08. The zero-order valence-electron chi connectivity index (χ0n) is 11.3. The third-order valence-electron chi connectivity index (χ3n) is 3.35. The number of carbonyl (C=O) groups excluding carboxylic acids is 2.